The van der Waals surface area contributed by atoms with E-state index in [2.05, 4.69) is 44.0 Å². The maximum absolute atomic E-state index is 5.73. The number of benzene rings is 1. The van der Waals surface area contributed by atoms with Gasteiger partial charge in [-0.05, 0) is 24.6 Å². The van der Waals surface area contributed by atoms with Crippen LogP contribution >= 0.6 is 11.6 Å². The van der Waals surface area contributed by atoms with Gasteiger partial charge < -0.3 is 9.64 Å². The van der Waals surface area contributed by atoms with Crippen molar-refractivity contribution in [2.24, 2.45) is 0 Å². The maximum atomic E-state index is 5.73. The van der Waals surface area contributed by atoms with Crippen molar-refractivity contribution in [3.8, 4) is 5.75 Å². The Labute approximate surface area is 110 Å². The number of hydrogen-bond acceptors (Lipinski definition) is 2. The Balaban J connectivity index is 2.85. The fourth-order valence-corrected chi connectivity index (χ4v) is 2.05. The van der Waals surface area contributed by atoms with Crippen LogP contribution < -0.4 is 4.74 Å². The Kier molecular flexibility index (Phi) is 5.79. The van der Waals surface area contributed by atoms with E-state index < -0.39 is 0 Å². The highest BCUT2D eigenvalue weighted by atomic mass is 35.5. The second-order valence-electron chi connectivity index (χ2n) is 4.65. The molecule has 0 radical (unpaired) electrons. The summed E-state index contributed by atoms with van der Waals surface area (Å²) >= 11 is 5.73. The lowest BCUT2D eigenvalue weighted by atomic mass is 10.0. The molecule has 17 heavy (non-hydrogen) atoms. The maximum Gasteiger partial charge on any atom is 0.123 e. The molecule has 1 rings (SSSR count). The van der Waals surface area contributed by atoms with Crippen molar-refractivity contribution in [1.29, 1.82) is 0 Å². The Morgan fingerprint density at radius 1 is 1.35 bits per heavy atom. The molecule has 0 aromatic heterocycles. The van der Waals surface area contributed by atoms with E-state index in [0.29, 0.717) is 11.8 Å². The van der Waals surface area contributed by atoms with E-state index in [-0.39, 0.29) is 0 Å². The van der Waals surface area contributed by atoms with E-state index in [1.54, 1.807) is 7.11 Å². The molecule has 96 valence electrons. The summed E-state index contributed by atoms with van der Waals surface area (Å²) in [7, 11) is 3.79. The number of ether oxygens (including phenoxy) is 1. The minimum atomic E-state index is 0.526. The molecule has 0 aliphatic rings. The van der Waals surface area contributed by atoms with Gasteiger partial charge in [0.05, 0.1) is 7.11 Å². The fraction of sp³-hybridized carbons (Fsp3) is 0.571. The molecule has 0 heterocycles. The molecule has 1 aromatic rings. The first-order valence-electron chi connectivity index (χ1n) is 5.99. The van der Waals surface area contributed by atoms with Crippen molar-refractivity contribution >= 4 is 11.6 Å². The molecule has 0 N–H and O–H groups in total. The third kappa shape index (κ3) is 4.21. The van der Waals surface area contributed by atoms with Gasteiger partial charge in [0.25, 0.3) is 0 Å². The van der Waals surface area contributed by atoms with Crippen molar-refractivity contribution in [3.05, 3.63) is 29.3 Å². The lowest BCUT2D eigenvalue weighted by Gasteiger charge is -2.18. The molecule has 3 heteroatoms. The van der Waals surface area contributed by atoms with E-state index >= 15 is 0 Å². The summed E-state index contributed by atoms with van der Waals surface area (Å²) in [5.74, 6) is 2.15. The van der Waals surface area contributed by atoms with E-state index in [1.807, 2.05) is 0 Å². The van der Waals surface area contributed by atoms with Gasteiger partial charge in [0.15, 0.2) is 0 Å². The molecule has 0 bridgehead atoms. The van der Waals surface area contributed by atoms with Crippen molar-refractivity contribution in [3.63, 3.8) is 0 Å². The third-order valence-electron chi connectivity index (χ3n) is 2.88. The Bertz CT molecular complexity index is 352. The molecule has 2 nitrogen and oxygen atoms in total. The smallest absolute Gasteiger partial charge is 0.123 e. The number of nitrogens with zero attached hydrogens (tertiary/aromatic N) is 1. The lowest BCUT2D eigenvalue weighted by Crippen LogP contribution is -2.20. The highest BCUT2D eigenvalue weighted by Crippen LogP contribution is 2.25. The molecule has 0 fully saturated rings. The molecule has 0 saturated heterocycles. The van der Waals surface area contributed by atoms with Crippen molar-refractivity contribution in [1.82, 2.24) is 4.90 Å². The predicted octanol–water partition coefficient (Wildman–Crippen LogP) is 3.49. The van der Waals surface area contributed by atoms with Gasteiger partial charge in [-0.1, -0.05) is 26.0 Å². The van der Waals surface area contributed by atoms with Crippen molar-refractivity contribution < 1.29 is 4.74 Å². The average Bonchev–Trinajstić information content (AvgIpc) is 2.29. The number of alkyl halides is 1. The number of halogens is 1. The highest BCUT2D eigenvalue weighted by molar-refractivity contribution is 6.18. The molecule has 0 amide bonds. The average molecular weight is 256 g/mol. The van der Waals surface area contributed by atoms with Gasteiger partial charge in [0.1, 0.15) is 5.75 Å². The van der Waals surface area contributed by atoms with Gasteiger partial charge in [0, 0.05) is 24.5 Å². The van der Waals surface area contributed by atoms with Crippen LogP contribution in [0.15, 0.2) is 18.2 Å². The van der Waals surface area contributed by atoms with E-state index in [0.717, 1.165) is 18.8 Å². The monoisotopic (exact) mass is 255 g/mol. The van der Waals surface area contributed by atoms with Crippen LogP contribution in [0.3, 0.4) is 0 Å². The summed E-state index contributed by atoms with van der Waals surface area (Å²) in [4.78, 5) is 2.19. The Hall–Kier alpha value is -0.730. The van der Waals surface area contributed by atoms with Crippen molar-refractivity contribution in [2.75, 3.05) is 26.6 Å². The standard InChI is InChI=1S/C14H22ClNO/c1-11(2)12-5-6-13(14(9-12)17-4)10-16(3)8-7-15/h5-6,9,11H,7-8,10H2,1-4H3. The highest BCUT2D eigenvalue weighted by Gasteiger charge is 2.08. The SMILES string of the molecule is COc1cc(C(C)C)ccc1CN(C)CCCl. The topological polar surface area (TPSA) is 12.5 Å². The number of methoxy groups -OCH3 is 1. The predicted molar refractivity (Wildman–Crippen MR) is 74.1 cm³/mol. The zero-order valence-corrected chi connectivity index (χ0v) is 11.9. The van der Waals surface area contributed by atoms with Gasteiger partial charge >= 0.3 is 0 Å². The summed E-state index contributed by atoms with van der Waals surface area (Å²) < 4.78 is 5.46. The molecule has 1 aromatic carbocycles. The fourth-order valence-electron chi connectivity index (χ4n) is 1.77. The van der Waals surface area contributed by atoms with Crippen LogP contribution in [-0.2, 0) is 6.54 Å². The summed E-state index contributed by atoms with van der Waals surface area (Å²) in [6, 6.07) is 6.46. The molecule has 0 atom stereocenters. The Morgan fingerprint density at radius 2 is 2.06 bits per heavy atom. The van der Waals surface area contributed by atoms with Crippen LogP contribution in [-0.4, -0.2) is 31.5 Å². The van der Waals surface area contributed by atoms with E-state index in [9.17, 15) is 0 Å². The molecular formula is C14H22ClNO. The van der Waals surface area contributed by atoms with Crippen LogP contribution in [0.4, 0.5) is 0 Å². The van der Waals surface area contributed by atoms with Crippen molar-refractivity contribution in [2.45, 2.75) is 26.3 Å². The van der Waals surface area contributed by atoms with Gasteiger partial charge in [-0.25, -0.2) is 0 Å². The lowest BCUT2D eigenvalue weighted by molar-refractivity contribution is 0.334. The first kappa shape index (κ1) is 14.3. The first-order chi connectivity index (χ1) is 8.08. The van der Waals surface area contributed by atoms with E-state index in [4.69, 9.17) is 16.3 Å². The van der Waals surface area contributed by atoms with Gasteiger partial charge in [-0.2, -0.15) is 0 Å². The number of rotatable bonds is 6. The molecule has 0 saturated carbocycles. The summed E-state index contributed by atoms with van der Waals surface area (Å²) in [6.45, 7) is 6.13. The van der Waals surface area contributed by atoms with Crippen LogP contribution in [0.1, 0.15) is 30.9 Å². The third-order valence-corrected chi connectivity index (χ3v) is 3.05. The van der Waals surface area contributed by atoms with Gasteiger partial charge in [-0.3, -0.25) is 0 Å². The van der Waals surface area contributed by atoms with E-state index in [1.165, 1.54) is 11.1 Å². The minimum absolute atomic E-state index is 0.526. The number of hydrogen-bond donors (Lipinski definition) is 0. The second kappa shape index (κ2) is 6.87. The first-order valence-corrected chi connectivity index (χ1v) is 6.53. The summed E-state index contributed by atoms with van der Waals surface area (Å²) in [5, 5.41) is 0. The Morgan fingerprint density at radius 3 is 2.59 bits per heavy atom. The normalized spacial score (nSPS) is 11.2. The molecule has 0 aliphatic heterocycles. The van der Waals surface area contributed by atoms with Gasteiger partial charge in [0.2, 0.25) is 0 Å². The molecule has 0 spiro atoms. The quantitative estimate of drug-likeness (QED) is 0.722. The summed E-state index contributed by atoms with van der Waals surface area (Å²) in [5.41, 5.74) is 2.52. The second-order valence-corrected chi connectivity index (χ2v) is 5.03. The van der Waals surface area contributed by atoms with Crippen LogP contribution in [0.25, 0.3) is 0 Å². The zero-order valence-electron chi connectivity index (χ0n) is 11.2. The molecular weight excluding hydrogens is 234 g/mol. The van der Waals surface area contributed by atoms with Crippen LogP contribution in [0.5, 0.6) is 5.75 Å². The molecule has 0 aliphatic carbocycles. The van der Waals surface area contributed by atoms with Gasteiger partial charge in [-0.15, -0.1) is 11.6 Å². The zero-order chi connectivity index (χ0) is 12.8. The minimum Gasteiger partial charge on any atom is -0.496 e. The molecule has 0 unspecified atom stereocenters. The summed E-state index contributed by atoms with van der Waals surface area (Å²) in [6.07, 6.45) is 0. The van der Waals surface area contributed by atoms with Crippen LogP contribution in [0.2, 0.25) is 0 Å². The van der Waals surface area contributed by atoms with Crippen LogP contribution in [0, 0.1) is 0 Å². The largest absolute Gasteiger partial charge is 0.496 e.